The van der Waals surface area contributed by atoms with Gasteiger partial charge in [-0.15, -0.1) is 0 Å². The number of nitrogens with one attached hydrogen (secondary N) is 2. The van der Waals surface area contributed by atoms with Gasteiger partial charge in [0.05, 0.1) is 18.8 Å². The lowest BCUT2D eigenvalue weighted by atomic mass is 9.71. The molecule has 2 aliphatic carbocycles. The first-order chi connectivity index (χ1) is 14.2. The topological polar surface area (TPSA) is 90.8 Å². The van der Waals surface area contributed by atoms with Crippen LogP contribution in [-0.4, -0.2) is 48.7 Å². The van der Waals surface area contributed by atoms with E-state index >= 15 is 0 Å². The number of aliphatic hydroxyl groups excluding tert-OH is 2. The van der Waals surface area contributed by atoms with Crippen molar-refractivity contribution in [1.29, 1.82) is 0 Å². The minimum Gasteiger partial charge on any atom is -0.392 e. The average molecular weight is 421 g/mol. The first kappa shape index (κ1) is 22.7. The molecule has 0 heterocycles. The predicted octanol–water partition coefficient (Wildman–Crippen LogP) is 2.70. The Bertz CT molecular complexity index is 805. The molecule has 30 heavy (non-hydrogen) atoms. The fourth-order valence-electron chi connectivity index (χ4n) is 4.60. The molecule has 0 spiro atoms. The molecule has 0 saturated carbocycles. The Balaban J connectivity index is 1.61. The van der Waals surface area contributed by atoms with Gasteiger partial charge >= 0.3 is 6.03 Å². The Morgan fingerprint density at radius 3 is 2.67 bits per heavy atom. The highest BCUT2D eigenvalue weighted by Gasteiger charge is 2.38. The Kier molecular flexibility index (Phi) is 6.84. The van der Waals surface area contributed by atoms with Crippen LogP contribution < -0.4 is 10.6 Å². The average Bonchev–Trinajstić information content (AvgIpc) is 3.02. The smallest absolute Gasteiger partial charge is 0.315 e. The van der Waals surface area contributed by atoms with Crippen LogP contribution in [0.1, 0.15) is 44.4 Å². The van der Waals surface area contributed by atoms with Gasteiger partial charge < -0.3 is 25.6 Å². The zero-order valence-corrected chi connectivity index (χ0v) is 18.1. The molecule has 3 rings (SSSR count). The normalized spacial score (nSPS) is 28.6. The summed E-state index contributed by atoms with van der Waals surface area (Å²) in [6.07, 6.45) is 1.95. The molecule has 0 aliphatic heterocycles. The van der Waals surface area contributed by atoms with Crippen molar-refractivity contribution >= 4 is 6.03 Å². The predicted molar refractivity (Wildman–Crippen MR) is 112 cm³/mol. The van der Waals surface area contributed by atoms with E-state index in [1.54, 1.807) is 19.2 Å². The molecule has 2 aliphatic rings. The number of aliphatic hydroxyl groups is 2. The number of carbonyl (C=O) groups excluding carboxylic acids is 1. The summed E-state index contributed by atoms with van der Waals surface area (Å²) in [4.78, 5) is 12.6. The van der Waals surface area contributed by atoms with Crippen LogP contribution in [0.4, 0.5) is 9.18 Å². The first-order valence-corrected chi connectivity index (χ1v) is 10.5. The van der Waals surface area contributed by atoms with Gasteiger partial charge in [-0.25, -0.2) is 9.18 Å². The largest absolute Gasteiger partial charge is 0.392 e. The number of carbonyl (C=O) groups is 1. The van der Waals surface area contributed by atoms with Gasteiger partial charge in [0.2, 0.25) is 0 Å². The van der Waals surface area contributed by atoms with Gasteiger partial charge in [-0.2, -0.15) is 0 Å². The van der Waals surface area contributed by atoms with Gasteiger partial charge in [0.25, 0.3) is 0 Å². The first-order valence-electron chi connectivity index (χ1n) is 10.5. The van der Waals surface area contributed by atoms with E-state index in [0.717, 1.165) is 5.57 Å². The number of rotatable bonds is 5. The van der Waals surface area contributed by atoms with Crippen molar-refractivity contribution < 1.29 is 24.1 Å². The Labute approximate surface area is 177 Å². The summed E-state index contributed by atoms with van der Waals surface area (Å²) in [5, 5.41) is 26.0. The molecule has 1 aromatic carbocycles. The fraction of sp³-hybridized carbons (Fsp3) is 0.609. The quantitative estimate of drug-likeness (QED) is 0.552. The monoisotopic (exact) mass is 420 g/mol. The summed E-state index contributed by atoms with van der Waals surface area (Å²) in [6.45, 7) is 6.50. The number of fused-ring (bicyclic) bond motifs is 1. The lowest BCUT2D eigenvalue weighted by molar-refractivity contribution is 0.0630. The van der Waals surface area contributed by atoms with Crippen LogP contribution in [0, 0.1) is 23.1 Å². The van der Waals surface area contributed by atoms with Crippen LogP contribution in [0.15, 0.2) is 29.8 Å². The molecular weight excluding hydrogens is 387 g/mol. The van der Waals surface area contributed by atoms with Crippen molar-refractivity contribution in [1.82, 2.24) is 10.6 Å². The van der Waals surface area contributed by atoms with Crippen LogP contribution in [0.5, 0.6) is 0 Å². The molecule has 0 bridgehead atoms. The van der Waals surface area contributed by atoms with Gasteiger partial charge in [-0.3, -0.25) is 0 Å². The summed E-state index contributed by atoms with van der Waals surface area (Å²) >= 11 is 0. The second-order valence-electron chi connectivity index (χ2n) is 9.44. The lowest BCUT2D eigenvalue weighted by Gasteiger charge is -2.40. The van der Waals surface area contributed by atoms with E-state index < -0.39 is 12.2 Å². The molecule has 0 fully saturated rings. The third kappa shape index (κ3) is 4.68. The van der Waals surface area contributed by atoms with Crippen LogP contribution in [0.25, 0.3) is 0 Å². The second kappa shape index (κ2) is 9.04. The molecule has 0 aromatic heterocycles. The van der Waals surface area contributed by atoms with Crippen molar-refractivity contribution in [3.05, 3.63) is 46.8 Å². The van der Waals surface area contributed by atoms with E-state index in [-0.39, 0.29) is 48.3 Å². The highest BCUT2D eigenvalue weighted by molar-refractivity contribution is 5.74. The number of methoxy groups -OCH3 is 1. The zero-order valence-electron chi connectivity index (χ0n) is 18.1. The minimum atomic E-state index is -0.799. The number of halogens is 1. The molecule has 2 amide bonds. The van der Waals surface area contributed by atoms with Gasteiger partial charge in [-0.05, 0) is 46.9 Å². The third-order valence-electron chi connectivity index (χ3n) is 6.43. The van der Waals surface area contributed by atoms with E-state index in [1.807, 2.05) is 0 Å². The molecule has 5 atom stereocenters. The number of urea groups is 1. The molecule has 6 nitrogen and oxygen atoms in total. The third-order valence-corrected chi connectivity index (χ3v) is 6.43. The highest BCUT2D eigenvalue weighted by atomic mass is 19.1. The summed E-state index contributed by atoms with van der Waals surface area (Å²) in [5.74, 6) is -0.409. The lowest BCUT2D eigenvalue weighted by Crippen LogP contribution is -2.53. The van der Waals surface area contributed by atoms with Crippen molar-refractivity contribution in [2.75, 3.05) is 20.3 Å². The Hall–Kier alpha value is -1.96. The van der Waals surface area contributed by atoms with Gasteiger partial charge in [0.15, 0.2) is 0 Å². The van der Waals surface area contributed by atoms with Crippen molar-refractivity contribution in [3.63, 3.8) is 0 Å². The second-order valence-corrected chi connectivity index (χ2v) is 9.44. The van der Waals surface area contributed by atoms with Gasteiger partial charge in [0.1, 0.15) is 11.9 Å². The van der Waals surface area contributed by atoms with Gasteiger partial charge in [0, 0.05) is 19.6 Å². The van der Waals surface area contributed by atoms with Crippen LogP contribution in [0.3, 0.4) is 0 Å². The maximum atomic E-state index is 14.0. The zero-order chi connectivity index (χ0) is 22.1. The standard InChI is InChI=1S/C23H33FN2O4/c1-23(2,3)15-8-14(12-27)21(30-4)19(10-15)26-22(29)25-11-13-9-17-16(20(13)28)6-5-7-18(17)24/h5-8,13,15,19-21,27-28H,9-12H2,1-4H3,(H2,25,26,29)/t13-,15?,19?,20+,21?/m0/s1. The number of hydrogen-bond donors (Lipinski definition) is 4. The van der Waals surface area contributed by atoms with Crippen molar-refractivity contribution in [2.24, 2.45) is 17.3 Å². The summed E-state index contributed by atoms with van der Waals surface area (Å²) in [7, 11) is 1.57. The maximum absolute atomic E-state index is 14.0. The number of allylic oxidation sites excluding steroid dienone is 1. The molecule has 7 heteroatoms. The van der Waals surface area contributed by atoms with Gasteiger partial charge in [-0.1, -0.05) is 39.0 Å². The van der Waals surface area contributed by atoms with E-state index in [4.69, 9.17) is 4.74 Å². The maximum Gasteiger partial charge on any atom is 0.315 e. The molecule has 0 radical (unpaired) electrons. The SMILES string of the molecule is COC1C(CO)=CC(C(C)(C)C)CC1NC(=O)NC[C@@H]1Cc2c(F)cccc2[C@@H]1O. The molecule has 1 aromatic rings. The molecular formula is C23H33FN2O4. The number of ether oxygens (including phenoxy) is 1. The summed E-state index contributed by atoms with van der Waals surface area (Å²) in [6, 6.07) is 4.06. The van der Waals surface area contributed by atoms with Crippen LogP contribution >= 0.6 is 0 Å². The van der Waals surface area contributed by atoms with Crippen LogP contribution in [0.2, 0.25) is 0 Å². The Morgan fingerprint density at radius 1 is 1.33 bits per heavy atom. The van der Waals surface area contributed by atoms with E-state index in [9.17, 15) is 19.4 Å². The summed E-state index contributed by atoms with van der Waals surface area (Å²) in [5.41, 5.74) is 1.87. The highest BCUT2D eigenvalue weighted by Crippen LogP contribution is 2.38. The number of hydrogen-bond acceptors (Lipinski definition) is 4. The van der Waals surface area contributed by atoms with Crippen molar-refractivity contribution in [3.8, 4) is 0 Å². The molecule has 4 N–H and O–H groups in total. The molecule has 3 unspecified atom stereocenters. The number of benzene rings is 1. The summed E-state index contributed by atoms with van der Waals surface area (Å²) < 4.78 is 19.5. The van der Waals surface area contributed by atoms with E-state index in [2.05, 4.69) is 37.5 Å². The van der Waals surface area contributed by atoms with Crippen LogP contribution in [-0.2, 0) is 11.2 Å². The fourth-order valence-corrected chi connectivity index (χ4v) is 4.60. The van der Waals surface area contributed by atoms with E-state index in [0.29, 0.717) is 24.0 Å². The molecule has 166 valence electrons. The minimum absolute atomic E-state index is 0.0145. The molecule has 0 saturated heterocycles. The number of amides is 2. The Morgan fingerprint density at radius 2 is 2.07 bits per heavy atom. The van der Waals surface area contributed by atoms with E-state index in [1.165, 1.54) is 6.07 Å². The van der Waals surface area contributed by atoms with Crippen molar-refractivity contribution in [2.45, 2.75) is 51.9 Å².